The van der Waals surface area contributed by atoms with E-state index in [2.05, 4.69) is 0 Å². The molecule has 0 atom stereocenters. The number of sulfonamides is 1. The van der Waals surface area contributed by atoms with Crippen molar-refractivity contribution in [3.05, 3.63) is 35.4 Å². The Hall–Kier alpha value is -1.44. The molecule has 0 aliphatic heterocycles. The van der Waals surface area contributed by atoms with Crippen LogP contribution < -0.4 is 0 Å². The molecule has 0 bridgehead atoms. The fourth-order valence-corrected chi connectivity index (χ4v) is 3.71. The number of carboxylic acid groups (broad SMARTS) is 1. The molecule has 6 nitrogen and oxygen atoms in total. The molecule has 1 rings (SSSR count). The van der Waals surface area contributed by atoms with Gasteiger partial charge in [0.1, 0.15) is 0 Å². The first kappa shape index (κ1) is 17.6. The summed E-state index contributed by atoms with van der Waals surface area (Å²) < 4.78 is 31.2. The first-order valence-corrected chi connectivity index (χ1v) is 8.19. The second-order valence-corrected chi connectivity index (χ2v) is 6.88. The number of hydrogen-bond acceptors (Lipinski definition) is 4. The van der Waals surface area contributed by atoms with Gasteiger partial charge in [-0.15, -0.1) is 0 Å². The number of ether oxygens (including phenoxy) is 1. The maximum Gasteiger partial charge on any atom is 0.335 e. The van der Waals surface area contributed by atoms with Crippen LogP contribution in [0.1, 0.15) is 29.8 Å². The van der Waals surface area contributed by atoms with Gasteiger partial charge >= 0.3 is 5.97 Å². The number of hydrogen-bond donors (Lipinski definition) is 1. The molecule has 1 aromatic carbocycles. The highest BCUT2D eigenvalue weighted by atomic mass is 32.2. The lowest BCUT2D eigenvalue weighted by atomic mass is 10.1. The molecule has 0 aliphatic carbocycles. The van der Waals surface area contributed by atoms with E-state index < -0.39 is 16.0 Å². The van der Waals surface area contributed by atoms with Crippen LogP contribution in [0.15, 0.2) is 24.3 Å². The van der Waals surface area contributed by atoms with Crippen molar-refractivity contribution >= 4 is 16.0 Å². The van der Waals surface area contributed by atoms with Gasteiger partial charge in [-0.25, -0.2) is 13.2 Å². The van der Waals surface area contributed by atoms with Gasteiger partial charge in [0.05, 0.1) is 17.9 Å². The van der Waals surface area contributed by atoms with Crippen molar-refractivity contribution in [2.24, 2.45) is 0 Å². The Labute approximate surface area is 125 Å². The molecule has 0 aromatic heterocycles. The lowest BCUT2D eigenvalue weighted by Gasteiger charge is -2.25. The summed E-state index contributed by atoms with van der Waals surface area (Å²) in [6.45, 7) is 4.24. The maximum atomic E-state index is 12.4. The number of methoxy groups -OCH3 is 1. The van der Waals surface area contributed by atoms with Crippen LogP contribution in [-0.4, -0.2) is 50.1 Å². The normalized spacial score (nSPS) is 12.0. The van der Waals surface area contributed by atoms with Crippen molar-refractivity contribution in [2.75, 3.05) is 20.3 Å². The SMILES string of the molecule is COCCN(C(C)C)S(=O)(=O)Cc1ccc(C(=O)O)cc1. The van der Waals surface area contributed by atoms with E-state index in [1.54, 1.807) is 13.8 Å². The summed E-state index contributed by atoms with van der Waals surface area (Å²) in [5.74, 6) is -1.19. The molecule has 0 unspecified atom stereocenters. The molecule has 1 N–H and O–H groups in total. The number of carbonyl (C=O) groups is 1. The third-order valence-corrected chi connectivity index (χ3v) is 5.02. The van der Waals surface area contributed by atoms with Gasteiger partial charge in [-0.3, -0.25) is 0 Å². The van der Waals surface area contributed by atoms with Gasteiger partial charge in [0.25, 0.3) is 0 Å². The Balaban J connectivity index is 2.89. The lowest BCUT2D eigenvalue weighted by Crippen LogP contribution is -2.39. The van der Waals surface area contributed by atoms with E-state index in [1.807, 2.05) is 0 Å². The molecule has 118 valence electrons. The molecule has 0 heterocycles. The second kappa shape index (κ2) is 7.53. The van der Waals surface area contributed by atoms with Crippen molar-refractivity contribution in [3.63, 3.8) is 0 Å². The first-order chi connectivity index (χ1) is 9.77. The van der Waals surface area contributed by atoms with Crippen molar-refractivity contribution < 1.29 is 23.1 Å². The van der Waals surface area contributed by atoms with E-state index in [-0.39, 0.29) is 17.4 Å². The van der Waals surface area contributed by atoms with E-state index in [0.29, 0.717) is 18.7 Å². The molecule has 0 spiro atoms. The summed E-state index contributed by atoms with van der Waals surface area (Å²) in [5.41, 5.74) is 0.694. The van der Waals surface area contributed by atoms with Gasteiger partial charge < -0.3 is 9.84 Å². The van der Waals surface area contributed by atoms with E-state index >= 15 is 0 Å². The molecule has 21 heavy (non-hydrogen) atoms. The number of benzene rings is 1. The summed E-state index contributed by atoms with van der Waals surface area (Å²) in [5, 5.41) is 8.83. The van der Waals surface area contributed by atoms with Gasteiger partial charge in [0.15, 0.2) is 0 Å². The number of carboxylic acids is 1. The molecule has 0 radical (unpaired) electrons. The minimum absolute atomic E-state index is 0.135. The van der Waals surface area contributed by atoms with E-state index in [4.69, 9.17) is 9.84 Å². The van der Waals surface area contributed by atoms with Gasteiger partial charge in [0.2, 0.25) is 10.0 Å². The first-order valence-electron chi connectivity index (χ1n) is 6.58. The molecule has 0 fully saturated rings. The molecule has 0 amide bonds. The molecular weight excluding hydrogens is 294 g/mol. The second-order valence-electron chi connectivity index (χ2n) is 4.96. The molecule has 0 saturated heterocycles. The number of rotatable bonds is 8. The predicted molar refractivity (Wildman–Crippen MR) is 79.7 cm³/mol. The zero-order valence-electron chi connectivity index (χ0n) is 12.4. The lowest BCUT2D eigenvalue weighted by molar-refractivity contribution is 0.0697. The summed E-state index contributed by atoms with van der Waals surface area (Å²) >= 11 is 0. The summed E-state index contributed by atoms with van der Waals surface area (Å²) in [4.78, 5) is 10.8. The highest BCUT2D eigenvalue weighted by Gasteiger charge is 2.24. The minimum atomic E-state index is -3.47. The van der Waals surface area contributed by atoms with E-state index in [0.717, 1.165) is 0 Å². The number of nitrogens with zero attached hydrogens (tertiary/aromatic N) is 1. The topological polar surface area (TPSA) is 83.9 Å². The van der Waals surface area contributed by atoms with Gasteiger partial charge in [-0.05, 0) is 31.5 Å². The zero-order valence-corrected chi connectivity index (χ0v) is 13.3. The smallest absolute Gasteiger partial charge is 0.335 e. The summed E-state index contributed by atoms with van der Waals surface area (Å²) in [6, 6.07) is 5.69. The molecule has 1 aromatic rings. The summed E-state index contributed by atoms with van der Waals surface area (Å²) in [7, 11) is -1.95. The molecule has 7 heteroatoms. The van der Waals surface area contributed by atoms with Crippen LogP contribution in [0.25, 0.3) is 0 Å². The Morgan fingerprint density at radius 3 is 2.29 bits per heavy atom. The fraction of sp³-hybridized carbons (Fsp3) is 0.500. The standard InChI is InChI=1S/C14H21NO5S/c1-11(2)15(8-9-20-3)21(18,19)10-12-4-6-13(7-5-12)14(16)17/h4-7,11H,8-10H2,1-3H3,(H,16,17). The van der Waals surface area contributed by atoms with Crippen molar-refractivity contribution in [1.29, 1.82) is 0 Å². The largest absolute Gasteiger partial charge is 0.478 e. The fourth-order valence-electron chi connectivity index (χ4n) is 1.94. The van der Waals surface area contributed by atoms with Crippen LogP contribution in [0.2, 0.25) is 0 Å². The van der Waals surface area contributed by atoms with Gasteiger partial charge in [0, 0.05) is 19.7 Å². The zero-order chi connectivity index (χ0) is 16.0. The predicted octanol–water partition coefficient (Wildman–Crippen LogP) is 1.57. The van der Waals surface area contributed by atoms with Crippen LogP contribution in [0.5, 0.6) is 0 Å². The average Bonchev–Trinajstić information content (AvgIpc) is 2.38. The maximum absolute atomic E-state index is 12.4. The third-order valence-electron chi connectivity index (χ3n) is 3.00. The molecular formula is C14H21NO5S. The van der Waals surface area contributed by atoms with Crippen LogP contribution in [0.3, 0.4) is 0 Å². The van der Waals surface area contributed by atoms with Crippen LogP contribution >= 0.6 is 0 Å². The van der Waals surface area contributed by atoms with Crippen LogP contribution in [0, 0.1) is 0 Å². The van der Waals surface area contributed by atoms with E-state index in [9.17, 15) is 13.2 Å². The Kier molecular flexibility index (Phi) is 6.32. The van der Waals surface area contributed by atoms with Gasteiger partial charge in [-0.2, -0.15) is 4.31 Å². The summed E-state index contributed by atoms with van der Waals surface area (Å²) in [6.07, 6.45) is 0. The van der Waals surface area contributed by atoms with Crippen molar-refractivity contribution in [3.8, 4) is 0 Å². The monoisotopic (exact) mass is 315 g/mol. The minimum Gasteiger partial charge on any atom is -0.478 e. The van der Waals surface area contributed by atoms with Crippen LogP contribution in [-0.2, 0) is 20.5 Å². The van der Waals surface area contributed by atoms with Crippen molar-refractivity contribution in [2.45, 2.75) is 25.6 Å². The Morgan fingerprint density at radius 1 is 1.29 bits per heavy atom. The van der Waals surface area contributed by atoms with Gasteiger partial charge in [-0.1, -0.05) is 12.1 Å². The van der Waals surface area contributed by atoms with Crippen molar-refractivity contribution in [1.82, 2.24) is 4.31 Å². The highest BCUT2D eigenvalue weighted by molar-refractivity contribution is 7.88. The molecule has 0 saturated carbocycles. The average molecular weight is 315 g/mol. The van der Waals surface area contributed by atoms with E-state index in [1.165, 1.54) is 35.7 Å². The number of aromatic carboxylic acids is 1. The molecule has 0 aliphatic rings. The Morgan fingerprint density at radius 2 is 1.86 bits per heavy atom. The third kappa shape index (κ3) is 5.11. The Bertz CT molecular complexity index is 566. The van der Waals surface area contributed by atoms with Crippen LogP contribution in [0.4, 0.5) is 0 Å². The highest BCUT2D eigenvalue weighted by Crippen LogP contribution is 2.14. The quantitative estimate of drug-likeness (QED) is 0.787.